The van der Waals surface area contributed by atoms with E-state index in [0.29, 0.717) is 18.7 Å². The predicted molar refractivity (Wildman–Crippen MR) is 116 cm³/mol. The summed E-state index contributed by atoms with van der Waals surface area (Å²) in [6.07, 6.45) is 4.21. The quantitative estimate of drug-likeness (QED) is 0.660. The third kappa shape index (κ3) is 5.84. The van der Waals surface area contributed by atoms with Gasteiger partial charge in [0.1, 0.15) is 5.75 Å². The first-order chi connectivity index (χ1) is 14.1. The van der Waals surface area contributed by atoms with E-state index in [0.717, 1.165) is 44.8 Å². The van der Waals surface area contributed by atoms with Crippen molar-refractivity contribution in [2.45, 2.75) is 25.8 Å². The lowest BCUT2D eigenvalue weighted by atomic mass is 10.1. The monoisotopic (exact) mass is 398 g/mol. The molecule has 1 N–H and O–H groups in total. The number of rotatable bonds is 9. The maximum atomic E-state index is 12.7. The molecule has 0 spiro atoms. The van der Waals surface area contributed by atoms with Crippen molar-refractivity contribution in [3.05, 3.63) is 53.9 Å². The van der Waals surface area contributed by atoms with Gasteiger partial charge in [0, 0.05) is 57.2 Å². The highest BCUT2D eigenvalue weighted by atomic mass is 16.5. The average Bonchev–Trinajstić information content (AvgIpc) is 3.16. The Hall–Kier alpha value is -2.31. The molecule has 1 aromatic carbocycles. The molecule has 158 valence electrons. The number of aryl methyl sites for hydroxylation is 1. The molecule has 2 heterocycles. The first kappa shape index (κ1) is 21.4. The molecule has 1 aliphatic rings. The number of carbonyl (C=O) groups excluding carboxylic acids is 1. The molecule has 1 aliphatic heterocycles. The number of piperazine rings is 1. The number of nitrogens with zero attached hydrogens (tertiary/aromatic N) is 3. The fourth-order valence-electron chi connectivity index (χ4n) is 3.70. The Bertz CT molecular complexity index is 763. The Kier molecular flexibility index (Phi) is 7.72. The topological polar surface area (TPSA) is 49.7 Å². The first-order valence-corrected chi connectivity index (χ1v) is 10.6. The van der Waals surface area contributed by atoms with Gasteiger partial charge in [-0.25, -0.2) is 0 Å². The summed E-state index contributed by atoms with van der Waals surface area (Å²) in [4.78, 5) is 17.5. The summed E-state index contributed by atoms with van der Waals surface area (Å²) in [5, 5.41) is 3.15. The van der Waals surface area contributed by atoms with Crippen LogP contribution in [0.2, 0.25) is 0 Å². The van der Waals surface area contributed by atoms with Crippen molar-refractivity contribution in [1.82, 2.24) is 19.7 Å². The molecule has 6 nitrogen and oxygen atoms in total. The molecule has 1 amide bonds. The minimum atomic E-state index is -0.0431. The van der Waals surface area contributed by atoms with Gasteiger partial charge in [0.05, 0.1) is 12.6 Å². The zero-order chi connectivity index (χ0) is 20.6. The lowest BCUT2D eigenvalue weighted by molar-refractivity contribution is 0.0877. The van der Waals surface area contributed by atoms with Gasteiger partial charge in [-0.15, -0.1) is 0 Å². The smallest absolute Gasteiger partial charge is 0.251 e. The zero-order valence-electron chi connectivity index (χ0n) is 17.9. The van der Waals surface area contributed by atoms with E-state index in [9.17, 15) is 4.79 Å². The Morgan fingerprint density at radius 3 is 2.45 bits per heavy atom. The van der Waals surface area contributed by atoms with E-state index in [2.05, 4.69) is 59.0 Å². The molecule has 29 heavy (non-hydrogen) atoms. The summed E-state index contributed by atoms with van der Waals surface area (Å²) in [5.41, 5.74) is 1.89. The maximum absolute atomic E-state index is 12.7. The number of hydrogen-bond donors (Lipinski definition) is 1. The van der Waals surface area contributed by atoms with Gasteiger partial charge in [-0.05, 0) is 49.9 Å². The fourth-order valence-corrected chi connectivity index (χ4v) is 3.70. The summed E-state index contributed by atoms with van der Waals surface area (Å²) >= 11 is 0. The molecule has 1 saturated heterocycles. The van der Waals surface area contributed by atoms with Crippen LogP contribution >= 0.6 is 0 Å². The minimum Gasteiger partial charge on any atom is -0.494 e. The molecule has 2 aromatic rings. The fraction of sp³-hybridized carbons (Fsp3) is 0.522. The van der Waals surface area contributed by atoms with E-state index < -0.39 is 0 Å². The van der Waals surface area contributed by atoms with Crippen molar-refractivity contribution in [3.8, 4) is 5.75 Å². The summed E-state index contributed by atoms with van der Waals surface area (Å²) in [6, 6.07) is 11.8. The van der Waals surface area contributed by atoms with Crippen molar-refractivity contribution < 1.29 is 9.53 Å². The molecule has 1 fully saturated rings. The highest BCUT2D eigenvalue weighted by molar-refractivity contribution is 5.94. The second-order valence-electron chi connectivity index (χ2n) is 7.84. The molecule has 0 bridgehead atoms. The van der Waals surface area contributed by atoms with E-state index in [-0.39, 0.29) is 11.9 Å². The second-order valence-corrected chi connectivity index (χ2v) is 7.84. The molecule has 6 heteroatoms. The van der Waals surface area contributed by atoms with Gasteiger partial charge in [0.2, 0.25) is 0 Å². The van der Waals surface area contributed by atoms with Crippen LogP contribution in [0.3, 0.4) is 0 Å². The van der Waals surface area contributed by atoms with Gasteiger partial charge in [-0.2, -0.15) is 0 Å². The van der Waals surface area contributed by atoms with Gasteiger partial charge in [-0.1, -0.05) is 13.3 Å². The van der Waals surface area contributed by atoms with Crippen LogP contribution in [0.15, 0.2) is 42.6 Å². The van der Waals surface area contributed by atoms with Crippen LogP contribution in [0.4, 0.5) is 0 Å². The second kappa shape index (κ2) is 10.5. The molecular formula is C23H34N4O2. The summed E-state index contributed by atoms with van der Waals surface area (Å²) < 4.78 is 7.83. The van der Waals surface area contributed by atoms with Gasteiger partial charge >= 0.3 is 0 Å². The van der Waals surface area contributed by atoms with Crippen LogP contribution in [0, 0.1) is 0 Å². The Morgan fingerprint density at radius 2 is 1.83 bits per heavy atom. The van der Waals surface area contributed by atoms with Crippen LogP contribution in [0.5, 0.6) is 5.75 Å². The van der Waals surface area contributed by atoms with Gasteiger partial charge in [0.25, 0.3) is 5.91 Å². The molecule has 1 atom stereocenters. The number of benzene rings is 1. The minimum absolute atomic E-state index is 0.0431. The lowest BCUT2D eigenvalue weighted by Crippen LogP contribution is -2.48. The number of aromatic nitrogens is 1. The standard InChI is InChI=1S/C23H34N4O2/c1-4-5-17-29-20-10-8-19(9-11-20)23(28)24-18-22(21-7-6-12-26(21)3)27-15-13-25(2)14-16-27/h6-12,22H,4-5,13-18H2,1-3H3,(H,24,28). The van der Waals surface area contributed by atoms with Crippen molar-refractivity contribution >= 4 is 5.91 Å². The summed E-state index contributed by atoms with van der Waals surface area (Å²) in [7, 11) is 4.23. The number of likely N-dealkylation sites (N-methyl/N-ethyl adjacent to an activating group) is 1. The molecule has 0 saturated carbocycles. The van der Waals surface area contributed by atoms with Gasteiger partial charge < -0.3 is 19.5 Å². The Morgan fingerprint density at radius 1 is 1.10 bits per heavy atom. The molecular weight excluding hydrogens is 364 g/mol. The maximum Gasteiger partial charge on any atom is 0.251 e. The van der Waals surface area contributed by atoms with Crippen LogP contribution in [0.25, 0.3) is 0 Å². The van der Waals surface area contributed by atoms with E-state index >= 15 is 0 Å². The number of carbonyl (C=O) groups is 1. The third-order valence-corrected chi connectivity index (χ3v) is 5.64. The van der Waals surface area contributed by atoms with Crippen molar-refractivity contribution in [3.63, 3.8) is 0 Å². The summed E-state index contributed by atoms with van der Waals surface area (Å²) in [5.74, 6) is 0.771. The average molecular weight is 399 g/mol. The van der Waals surface area contributed by atoms with Crippen molar-refractivity contribution in [2.24, 2.45) is 7.05 Å². The van der Waals surface area contributed by atoms with Crippen LogP contribution in [0.1, 0.15) is 41.9 Å². The van der Waals surface area contributed by atoms with Crippen molar-refractivity contribution in [1.29, 1.82) is 0 Å². The van der Waals surface area contributed by atoms with E-state index in [4.69, 9.17) is 4.74 Å². The van der Waals surface area contributed by atoms with Crippen LogP contribution < -0.4 is 10.1 Å². The van der Waals surface area contributed by atoms with Crippen molar-refractivity contribution in [2.75, 3.05) is 46.4 Å². The normalized spacial score (nSPS) is 16.5. The van der Waals surface area contributed by atoms with E-state index in [1.807, 2.05) is 24.3 Å². The number of amides is 1. The molecule has 3 rings (SSSR count). The van der Waals surface area contributed by atoms with E-state index in [1.54, 1.807) is 0 Å². The molecule has 1 unspecified atom stereocenters. The molecule has 1 aromatic heterocycles. The van der Waals surface area contributed by atoms with Gasteiger partial charge in [0.15, 0.2) is 0 Å². The SMILES string of the molecule is CCCCOc1ccc(C(=O)NCC(c2cccn2C)N2CCN(C)CC2)cc1. The number of unbranched alkanes of at least 4 members (excludes halogenated alkanes) is 1. The number of hydrogen-bond acceptors (Lipinski definition) is 4. The lowest BCUT2D eigenvalue weighted by Gasteiger charge is -2.38. The third-order valence-electron chi connectivity index (χ3n) is 5.64. The van der Waals surface area contributed by atoms with Crippen LogP contribution in [-0.2, 0) is 7.05 Å². The first-order valence-electron chi connectivity index (χ1n) is 10.6. The number of nitrogens with one attached hydrogen (secondary N) is 1. The molecule has 0 radical (unpaired) electrons. The Labute approximate surface area is 174 Å². The highest BCUT2D eigenvalue weighted by Crippen LogP contribution is 2.22. The Balaban J connectivity index is 1.61. The van der Waals surface area contributed by atoms with E-state index in [1.165, 1.54) is 5.69 Å². The number of ether oxygens (including phenoxy) is 1. The van der Waals surface area contributed by atoms with Gasteiger partial charge in [-0.3, -0.25) is 9.69 Å². The molecule has 0 aliphatic carbocycles. The largest absolute Gasteiger partial charge is 0.494 e. The summed E-state index contributed by atoms with van der Waals surface area (Å²) in [6.45, 7) is 7.56. The zero-order valence-corrected chi connectivity index (χ0v) is 17.9. The predicted octanol–water partition coefficient (Wildman–Crippen LogP) is 2.92. The highest BCUT2D eigenvalue weighted by Gasteiger charge is 2.26. The van der Waals surface area contributed by atoms with Crippen LogP contribution in [-0.4, -0.2) is 66.7 Å².